The number of carbonyl (C=O) groups excluding carboxylic acids is 3. The molecule has 0 aliphatic rings. The Kier molecular flexibility index (Phi) is 39.4. The molecular formula is C48H94N2O5. The van der Waals surface area contributed by atoms with E-state index in [0.29, 0.717) is 50.4 Å². The first-order chi connectivity index (χ1) is 26.7. The topological polar surface area (TPSA) is 84.9 Å². The van der Waals surface area contributed by atoms with Crippen LogP contribution in [-0.2, 0) is 23.9 Å². The second-order valence-electron chi connectivity index (χ2n) is 17.2. The summed E-state index contributed by atoms with van der Waals surface area (Å²) in [6, 6.07) is 0.294. The number of esters is 2. The second-order valence-corrected chi connectivity index (χ2v) is 17.2. The fourth-order valence-electron chi connectivity index (χ4n) is 7.65. The molecule has 1 amide bonds. The number of hydrogen-bond donors (Lipinski definition) is 1. The van der Waals surface area contributed by atoms with E-state index in [1.54, 1.807) is 0 Å². The first-order valence-corrected chi connectivity index (χ1v) is 24.0. The van der Waals surface area contributed by atoms with Crippen molar-refractivity contribution in [2.45, 2.75) is 246 Å². The van der Waals surface area contributed by atoms with Crippen LogP contribution in [-0.4, -0.2) is 62.6 Å². The van der Waals surface area contributed by atoms with Crippen molar-refractivity contribution in [2.75, 3.05) is 33.9 Å². The van der Waals surface area contributed by atoms with E-state index in [4.69, 9.17) is 9.47 Å². The van der Waals surface area contributed by atoms with Crippen molar-refractivity contribution in [2.24, 2.45) is 11.8 Å². The number of amides is 1. The minimum absolute atomic E-state index is 0.00664. The molecule has 0 spiro atoms. The molecule has 0 aliphatic carbocycles. The molecule has 0 aliphatic heterocycles. The van der Waals surface area contributed by atoms with E-state index >= 15 is 0 Å². The highest BCUT2D eigenvalue weighted by atomic mass is 16.5. The summed E-state index contributed by atoms with van der Waals surface area (Å²) in [5.41, 5.74) is 0. The van der Waals surface area contributed by atoms with Crippen molar-refractivity contribution >= 4 is 17.8 Å². The van der Waals surface area contributed by atoms with Crippen molar-refractivity contribution in [3.8, 4) is 0 Å². The number of rotatable bonds is 42. The van der Waals surface area contributed by atoms with Crippen LogP contribution in [0.25, 0.3) is 0 Å². The molecule has 0 heterocycles. The first kappa shape index (κ1) is 53.4. The summed E-state index contributed by atoms with van der Waals surface area (Å²) in [6.45, 7) is 10.8. The van der Waals surface area contributed by atoms with Crippen LogP contribution in [0.2, 0.25) is 0 Å². The highest BCUT2D eigenvalue weighted by Gasteiger charge is 2.16. The molecule has 0 unspecified atom stereocenters. The van der Waals surface area contributed by atoms with E-state index in [0.717, 1.165) is 70.8 Å². The van der Waals surface area contributed by atoms with Crippen LogP contribution >= 0.6 is 0 Å². The van der Waals surface area contributed by atoms with Gasteiger partial charge in [0.15, 0.2) is 0 Å². The maximum atomic E-state index is 12.6. The predicted octanol–water partition coefficient (Wildman–Crippen LogP) is 13.3. The largest absolute Gasteiger partial charge is 0.466 e. The third kappa shape index (κ3) is 37.7. The van der Waals surface area contributed by atoms with Crippen LogP contribution in [0.5, 0.6) is 0 Å². The second kappa shape index (κ2) is 40.6. The molecule has 0 saturated heterocycles. The number of ether oxygens (including phenoxy) is 2. The van der Waals surface area contributed by atoms with Crippen LogP contribution in [0.3, 0.4) is 0 Å². The molecule has 1 N–H and O–H groups in total. The summed E-state index contributed by atoms with van der Waals surface area (Å²) in [4.78, 5) is 39.4. The lowest BCUT2D eigenvalue weighted by Gasteiger charge is -2.20. The lowest BCUT2D eigenvalue weighted by molar-refractivity contribution is -0.146. The van der Waals surface area contributed by atoms with Gasteiger partial charge in [0, 0.05) is 31.8 Å². The van der Waals surface area contributed by atoms with Crippen molar-refractivity contribution in [1.82, 2.24) is 10.2 Å². The fraction of sp³-hybridized carbons (Fsp3) is 0.938. The van der Waals surface area contributed by atoms with Crippen molar-refractivity contribution < 1.29 is 23.9 Å². The van der Waals surface area contributed by atoms with Crippen molar-refractivity contribution in [1.29, 1.82) is 0 Å². The highest BCUT2D eigenvalue weighted by Crippen LogP contribution is 2.22. The molecule has 326 valence electrons. The van der Waals surface area contributed by atoms with Crippen LogP contribution in [0, 0.1) is 11.8 Å². The Morgan fingerprint density at radius 3 is 1.11 bits per heavy atom. The number of carbonyl (C=O) groups is 3. The zero-order valence-corrected chi connectivity index (χ0v) is 37.7. The molecule has 7 nitrogen and oxygen atoms in total. The summed E-state index contributed by atoms with van der Waals surface area (Å²) in [5.74, 6) is 1.20. The van der Waals surface area contributed by atoms with Crippen molar-refractivity contribution in [3.63, 3.8) is 0 Å². The van der Waals surface area contributed by atoms with Gasteiger partial charge in [-0.1, -0.05) is 169 Å². The minimum Gasteiger partial charge on any atom is -0.466 e. The maximum absolute atomic E-state index is 12.6. The molecule has 0 bridgehead atoms. The molecule has 0 aromatic heterocycles. The monoisotopic (exact) mass is 779 g/mol. The number of nitrogens with zero attached hydrogens (tertiary/aromatic N) is 1. The van der Waals surface area contributed by atoms with Gasteiger partial charge in [0.1, 0.15) is 0 Å². The third-order valence-corrected chi connectivity index (χ3v) is 11.3. The summed E-state index contributed by atoms with van der Waals surface area (Å²) in [5, 5.41) is 3.37. The predicted molar refractivity (Wildman–Crippen MR) is 234 cm³/mol. The molecule has 0 radical (unpaired) electrons. The lowest BCUT2D eigenvalue weighted by Crippen LogP contribution is -2.36. The van der Waals surface area contributed by atoms with E-state index < -0.39 is 0 Å². The molecule has 0 aromatic carbocycles. The normalized spacial score (nSPS) is 11.7. The standard InChI is InChI=1S/C48H94N2O5/c1-7-11-31-43(32-12-8-2)41-47(52)54-39-29-25-21-17-15-19-23-27-35-45(49-46(51)37-38-50(5)6)36-28-24-20-16-18-22-26-30-40-55-48(53)42-44(33-13-9-3)34-14-10-4/h43-45H,7-42H2,1-6H3,(H,49,51). The van der Waals surface area contributed by atoms with E-state index in [-0.39, 0.29) is 17.8 Å². The van der Waals surface area contributed by atoms with Gasteiger partial charge in [-0.25, -0.2) is 0 Å². The molecule has 55 heavy (non-hydrogen) atoms. The van der Waals surface area contributed by atoms with Gasteiger partial charge in [-0.3, -0.25) is 14.4 Å². The van der Waals surface area contributed by atoms with Gasteiger partial charge in [0.2, 0.25) is 5.91 Å². The third-order valence-electron chi connectivity index (χ3n) is 11.3. The summed E-state index contributed by atoms with van der Waals surface area (Å²) < 4.78 is 11.2. The molecular weight excluding hydrogens is 685 g/mol. The Bertz CT molecular complexity index is 793. The van der Waals surface area contributed by atoms with E-state index in [2.05, 4.69) is 37.9 Å². The quantitative estimate of drug-likeness (QED) is 0.0491. The Labute approximate surface area is 342 Å². The molecule has 0 atom stereocenters. The van der Waals surface area contributed by atoms with Gasteiger partial charge < -0.3 is 19.7 Å². The van der Waals surface area contributed by atoms with Crippen molar-refractivity contribution in [3.05, 3.63) is 0 Å². The van der Waals surface area contributed by atoms with Gasteiger partial charge in [-0.05, 0) is 77.3 Å². The smallest absolute Gasteiger partial charge is 0.306 e. The summed E-state index contributed by atoms with van der Waals surface area (Å²) in [6.07, 6.45) is 37.2. The zero-order valence-electron chi connectivity index (χ0n) is 37.7. The Balaban J connectivity index is 4.09. The van der Waals surface area contributed by atoms with Crippen LogP contribution in [0.15, 0.2) is 0 Å². The van der Waals surface area contributed by atoms with Gasteiger partial charge in [-0.15, -0.1) is 0 Å². The molecule has 0 fully saturated rings. The van der Waals surface area contributed by atoms with Crippen LogP contribution < -0.4 is 5.32 Å². The van der Waals surface area contributed by atoms with Crippen LogP contribution in [0.1, 0.15) is 240 Å². The molecule has 0 rings (SSSR count). The first-order valence-electron chi connectivity index (χ1n) is 24.0. The lowest BCUT2D eigenvalue weighted by atomic mass is 9.93. The van der Waals surface area contributed by atoms with Gasteiger partial charge in [-0.2, -0.15) is 0 Å². The number of unbranched alkanes of at least 4 members (excludes halogenated alkanes) is 18. The van der Waals surface area contributed by atoms with Gasteiger partial charge in [0.05, 0.1) is 13.2 Å². The van der Waals surface area contributed by atoms with E-state index in [1.165, 1.54) is 128 Å². The Hall–Kier alpha value is -1.63. The number of hydrogen-bond acceptors (Lipinski definition) is 6. The maximum Gasteiger partial charge on any atom is 0.306 e. The average Bonchev–Trinajstić information content (AvgIpc) is 3.16. The fourth-order valence-corrected chi connectivity index (χ4v) is 7.65. The van der Waals surface area contributed by atoms with E-state index in [1.807, 2.05) is 14.1 Å². The average molecular weight is 779 g/mol. The van der Waals surface area contributed by atoms with Gasteiger partial charge >= 0.3 is 11.9 Å². The molecule has 0 saturated carbocycles. The highest BCUT2D eigenvalue weighted by molar-refractivity contribution is 5.76. The SMILES string of the molecule is CCCCC(CCCC)CC(=O)OCCCCCCCCCCC(CCCCCCCCCCOC(=O)CC(CCCC)CCCC)NC(=O)CCN(C)C. The van der Waals surface area contributed by atoms with Crippen LogP contribution in [0.4, 0.5) is 0 Å². The Morgan fingerprint density at radius 1 is 0.455 bits per heavy atom. The summed E-state index contributed by atoms with van der Waals surface area (Å²) >= 11 is 0. The molecule has 7 heteroatoms. The van der Waals surface area contributed by atoms with E-state index in [9.17, 15) is 14.4 Å². The zero-order chi connectivity index (χ0) is 40.6. The Morgan fingerprint density at radius 2 is 0.782 bits per heavy atom. The van der Waals surface area contributed by atoms with Gasteiger partial charge in [0.25, 0.3) is 0 Å². The molecule has 0 aromatic rings. The summed E-state index contributed by atoms with van der Waals surface area (Å²) in [7, 11) is 4.04. The number of nitrogens with one attached hydrogen (secondary N) is 1. The minimum atomic E-state index is 0.00664.